The molecule has 0 heterocycles. The lowest BCUT2D eigenvalue weighted by molar-refractivity contribution is 0.482. The Hall–Kier alpha value is -1.85. The molecule has 0 aliphatic heterocycles. The number of ether oxygens (including phenoxy) is 1. The van der Waals surface area contributed by atoms with Gasteiger partial charge in [-0.2, -0.15) is 0 Å². The zero-order chi connectivity index (χ0) is 15.1. The van der Waals surface area contributed by atoms with E-state index >= 15 is 0 Å². The van der Waals surface area contributed by atoms with Crippen LogP contribution in [-0.4, -0.2) is 15.0 Å². The molecule has 0 saturated carbocycles. The number of hydrogen-bond acceptors (Lipinski definition) is 3. The Morgan fingerprint density at radius 2 is 1.57 bits per heavy atom. The van der Waals surface area contributed by atoms with Gasteiger partial charge in [-0.05, 0) is 42.8 Å². The summed E-state index contributed by atoms with van der Waals surface area (Å²) in [4.78, 5) is 0.249. The van der Waals surface area contributed by atoms with Gasteiger partial charge in [-0.1, -0.05) is 31.5 Å². The van der Waals surface area contributed by atoms with Gasteiger partial charge < -0.3 is 4.74 Å². The lowest BCUT2D eigenvalue weighted by Gasteiger charge is -2.08. The molecule has 4 nitrogen and oxygen atoms in total. The van der Waals surface area contributed by atoms with Crippen LogP contribution in [0.3, 0.4) is 0 Å². The van der Waals surface area contributed by atoms with Crippen LogP contribution in [0.15, 0.2) is 59.5 Å². The third-order valence-electron chi connectivity index (χ3n) is 2.94. The molecule has 0 spiro atoms. The molecule has 0 unspecified atom stereocenters. The molecule has 0 aromatic heterocycles. The van der Waals surface area contributed by atoms with E-state index in [1.807, 2.05) is 37.3 Å². The van der Waals surface area contributed by atoms with Crippen LogP contribution in [0.4, 0.5) is 0 Å². The van der Waals surface area contributed by atoms with Gasteiger partial charge in [0, 0.05) is 6.54 Å². The van der Waals surface area contributed by atoms with Crippen molar-refractivity contribution in [1.29, 1.82) is 0 Å². The first kappa shape index (κ1) is 15.5. The van der Waals surface area contributed by atoms with Gasteiger partial charge in [0.2, 0.25) is 10.0 Å². The van der Waals surface area contributed by atoms with Crippen molar-refractivity contribution in [2.24, 2.45) is 0 Å². The van der Waals surface area contributed by atoms with Crippen LogP contribution in [-0.2, 0) is 10.0 Å². The minimum atomic E-state index is -3.43. The van der Waals surface area contributed by atoms with E-state index in [0.29, 0.717) is 18.0 Å². The van der Waals surface area contributed by atoms with Crippen LogP contribution < -0.4 is 9.46 Å². The lowest BCUT2D eigenvalue weighted by Crippen LogP contribution is -2.24. The van der Waals surface area contributed by atoms with Gasteiger partial charge in [0.15, 0.2) is 0 Å². The van der Waals surface area contributed by atoms with E-state index in [1.54, 1.807) is 24.3 Å². The number of sulfonamides is 1. The van der Waals surface area contributed by atoms with E-state index in [4.69, 9.17) is 4.74 Å². The highest BCUT2D eigenvalue weighted by molar-refractivity contribution is 7.89. The van der Waals surface area contributed by atoms with Gasteiger partial charge in [-0.3, -0.25) is 0 Å². The Morgan fingerprint density at radius 1 is 0.952 bits per heavy atom. The fourth-order valence-corrected chi connectivity index (χ4v) is 2.85. The van der Waals surface area contributed by atoms with Crippen LogP contribution in [0.2, 0.25) is 0 Å². The van der Waals surface area contributed by atoms with Crippen LogP contribution in [0.1, 0.15) is 19.8 Å². The highest BCUT2D eigenvalue weighted by Crippen LogP contribution is 2.22. The topological polar surface area (TPSA) is 55.4 Å². The summed E-state index contributed by atoms with van der Waals surface area (Å²) in [5.41, 5.74) is 0. The summed E-state index contributed by atoms with van der Waals surface area (Å²) in [5, 5.41) is 0. The summed E-state index contributed by atoms with van der Waals surface area (Å²) >= 11 is 0. The average Bonchev–Trinajstić information content (AvgIpc) is 2.49. The fourth-order valence-electron chi connectivity index (χ4n) is 1.78. The first-order valence-corrected chi connectivity index (χ1v) is 8.43. The molecule has 2 rings (SSSR count). The second kappa shape index (κ2) is 7.24. The molecule has 21 heavy (non-hydrogen) atoms. The van der Waals surface area contributed by atoms with E-state index in [0.717, 1.165) is 12.8 Å². The zero-order valence-electron chi connectivity index (χ0n) is 12.0. The molecule has 0 saturated heterocycles. The van der Waals surface area contributed by atoms with Crippen molar-refractivity contribution in [3.63, 3.8) is 0 Å². The van der Waals surface area contributed by atoms with Crippen molar-refractivity contribution in [3.05, 3.63) is 54.6 Å². The minimum Gasteiger partial charge on any atom is -0.457 e. The standard InChI is InChI=1S/C16H19NO3S/c1-2-3-13-17-21(18,19)16-11-9-15(10-12-16)20-14-7-5-4-6-8-14/h4-12,17H,2-3,13H2,1H3. The van der Waals surface area contributed by atoms with Gasteiger partial charge >= 0.3 is 0 Å². The van der Waals surface area contributed by atoms with Crippen molar-refractivity contribution < 1.29 is 13.2 Å². The maximum absolute atomic E-state index is 12.0. The quantitative estimate of drug-likeness (QED) is 0.796. The SMILES string of the molecule is CCCCNS(=O)(=O)c1ccc(Oc2ccccc2)cc1. The van der Waals surface area contributed by atoms with Crippen LogP contribution >= 0.6 is 0 Å². The molecule has 0 amide bonds. The summed E-state index contributed by atoms with van der Waals surface area (Å²) in [6.45, 7) is 2.48. The molecule has 2 aromatic carbocycles. The third-order valence-corrected chi connectivity index (χ3v) is 4.41. The number of benzene rings is 2. The number of para-hydroxylation sites is 1. The number of hydrogen-bond donors (Lipinski definition) is 1. The van der Waals surface area contributed by atoms with Gasteiger partial charge in [0.1, 0.15) is 11.5 Å². The van der Waals surface area contributed by atoms with Crippen molar-refractivity contribution in [2.75, 3.05) is 6.54 Å². The summed E-state index contributed by atoms with van der Waals surface area (Å²) in [7, 11) is -3.43. The summed E-state index contributed by atoms with van der Waals surface area (Å²) < 4.78 is 32.3. The Labute approximate surface area is 125 Å². The molecule has 2 aromatic rings. The molecular formula is C16H19NO3S. The van der Waals surface area contributed by atoms with Crippen LogP contribution in [0, 0.1) is 0 Å². The molecule has 5 heteroatoms. The summed E-state index contributed by atoms with van der Waals surface area (Å²) in [6.07, 6.45) is 1.78. The summed E-state index contributed by atoms with van der Waals surface area (Å²) in [6, 6.07) is 15.8. The molecular weight excluding hydrogens is 286 g/mol. The number of nitrogens with one attached hydrogen (secondary N) is 1. The third kappa shape index (κ3) is 4.58. The first-order chi connectivity index (χ1) is 10.1. The molecule has 0 aliphatic carbocycles. The van der Waals surface area contributed by atoms with Gasteiger partial charge in [0.05, 0.1) is 4.90 Å². The number of unbranched alkanes of at least 4 members (excludes halogenated alkanes) is 1. The molecule has 0 atom stereocenters. The van der Waals surface area contributed by atoms with E-state index < -0.39 is 10.0 Å². The molecule has 0 aliphatic rings. The van der Waals surface area contributed by atoms with Crippen LogP contribution in [0.25, 0.3) is 0 Å². The molecule has 0 fully saturated rings. The lowest BCUT2D eigenvalue weighted by atomic mass is 10.3. The van der Waals surface area contributed by atoms with Crippen molar-refractivity contribution >= 4 is 10.0 Å². The van der Waals surface area contributed by atoms with Gasteiger partial charge in [0.25, 0.3) is 0 Å². The highest BCUT2D eigenvalue weighted by atomic mass is 32.2. The Bertz CT molecular complexity index is 652. The average molecular weight is 305 g/mol. The Balaban J connectivity index is 2.05. The highest BCUT2D eigenvalue weighted by Gasteiger charge is 2.12. The van der Waals surface area contributed by atoms with Crippen LogP contribution in [0.5, 0.6) is 11.5 Å². The smallest absolute Gasteiger partial charge is 0.240 e. The van der Waals surface area contributed by atoms with Gasteiger partial charge in [-0.25, -0.2) is 13.1 Å². The van der Waals surface area contributed by atoms with Crippen molar-refractivity contribution in [2.45, 2.75) is 24.7 Å². The molecule has 1 N–H and O–H groups in total. The predicted molar refractivity (Wildman–Crippen MR) is 83.1 cm³/mol. The van der Waals surface area contributed by atoms with E-state index in [1.165, 1.54) is 0 Å². The maximum atomic E-state index is 12.0. The fraction of sp³-hybridized carbons (Fsp3) is 0.250. The number of rotatable bonds is 7. The van der Waals surface area contributed by atoms with Crippen molar-refractivity contribution in [3.8, 4) is 11.5 Å². The largest absolute Gasteiger partial charge is 0.457 e. The van der Waals surface area contributed by atoms with E-state index in [-0.39, 0.29) is 4.90 Å². The molecule has 112 valence electrons. The zero-order valence-corrected chi connectivity index (χ0v) is 12.8. The molecule has 0 radical (unpaired) electrons. The predicted octanol–water partition coefficient (Wildman–Crippen LogP) is 3.56. The monoisotopic (exact) mass is 305 g/mol. The van der Waals surface area contributed by atoms with E-state index in [2.05, 4.69) is 4.72 Å². The molecule has 0 bridgehead atoms. The van der Waals surface area contributed by atoms with Crippen molar-refractivity contribution in [1.82, 2.24) is 4.72 Å². The second-order valence-electron chi connectivity index (χ2n) is 4.64. The first-order valence-electron chi connectivity index (χ1n) is 6.94. The Morgan fingerprint density at radius 3 is 2.19 bits per heavy atom. The Kier molecular flexibility index (Phi) is 5.36. The minimum absolute atomic E-state index is 0.249. The van der Waals surface area contributed by atoms with Gasteiger partial charge in [-0.15, -0.1) is 0 Å². The summed E-state index contributed by atoms with van der Waals surface area (Å²) in [5.74, 6) is 1.32. The van der Waals surface area contributed by atoms with E-state index in [9.17, 15) is 8.42 Å². The normalized spacial score (nSPS) is 11.3. The maximum Gasteiger partial charge on any atom is 0.240 e. The second-order valence-corrected chi connectivity index (χ2v) is 6.40.